The van der Waals surface area contributed by atoms with Crippen LogP contribution >= 0.6 is 39.1 Å². The molecule has 0 aliphatic carbocycles. The van der Waals surface area contributed by atoms with Crippen LogP contribution in [-0.4, -0.2) is 0 Å². The lowest BCUT2D eigenvalue weighted by Gasteiger charge is -2.16. The number of nitrogens with one attached hydrogen (secondary N) is 1. The average Bonchev–Trinajstić information content (AvgIpc) is 2.40. The van der Waals surface area contributed by atoms with Gasteiger partial charge in [-0.05, 0) is 52.2 Å². The van der Waals surface area contributed by atoms with Crippen LogP contribution in [-0.2, 0) is 6.54 Å². The lowest BCUT2D eigenvalue weighted by Crippen LogP contribution is -2.18. The maximum atomic E-state index is 13.4. The SMILES string of the molecule is CC(NCc1cccc(F)c1Br)c1ccc(Cl)cc1Cl. The first kappa shape index (κ1) is 15.8. The molecule has 1 N–H and O–H groups in total. The van der Waals surface area contributed by atoms with E-state index in [2.05, 4.69) is 21.2 Å². The third kappa shape index (κ3) is 3.73. The van der Waals surface area contributed by atoms with E-state index in [0.717, 1.165) is 11.1 Å². The van der Waals surface area contributed by atoms with E-state index in [-0.39, 0.29) is 11.9 Å². The summed E-state index contributed by atoms with van der Waals surface area (Å²) in [7, 11) is 0. The fourth-order valence-electron chi connectivity index (χ4n) is 1.91. The van der Waals surface area contributed by atoms with E-state index in [9.17, 15) is 4.39 Å². The minimum atomic E-state index is -0.263. The highest BCUT2D eigenvalue weighted by atomic mass is 79.9. The van der Waals surface area contributed by atoms with Crippen LogP contribution in [0.4, 0.5) is 4.39 Å². The molecule has 0 heterocycles. The number of halogens is 4. The van der Waals surface area contributed by atoms with Gasteiger partial charge >= 0.3 is 0 Å². The van der Waals surface area contributed by atoms with Gasteiger partial charge in [0.15, 0.2) is 0 Å². The van der Waals surface area contributed by atoms with E-state index >= 15 is 0 Å². The molecule has 20 heavy (non-hydrogen) atoms. The van der Waals surface area contributed by atoms with Gasteiger partial charge in [0, 0.05) is 22.6 Å². The molecule has 0 aliphatic rings. The predicted octanol–water partition coefficient (Wildman–Crippen LogP) is 5.75. The predicted molar refractivity (Wildman–Crippen MR) is 85.8 cm³/mol. The maximum absolute atomic E-state index is 13.4. The van der Waals surface area contributed by atoms with E-state index in [4.69, 9.17) is 23.2 Å². The normalized spacial score (nSPS) is 12.4. The molecule has 0 spiro atoms. The zero-order chi connectivity index (χ0) is 14.7. The van der Waals surface area contributed by atoms with Gasteiger partial charge in [-0.25, -0.2) is 4.39 Å². The Morgan fingerprint density at radius 2 is 2.00 bits per heavy atom. The average molecular weight is 377 g/mol. The molecule has 0 fully saturated rings. The summed E-state index contributed by atoms with van der Waals surface area (Å²) in [4.78, 5) is 0. The van der Waals surface area contributed by atoms with Gasteiger partial charge in [-0.15, -0.1) is 0 Å². The molecule has 2 rings (SSSR count). The molecule has 0 amide bonds. The first-order valence-corrected chi connectivity index (χ1v) is 7.65. The molecule has 1 atom stereocenters. The van der Waals surface area contributed by atoms with Gasteiger partial charge in [-0.2, -0.15) is 0 Å². The Labute approximate surface area is 136 Å². The van der Waals surface area contributed by atoms with Crippen molar-refractivity contribution in [2.75, 3.05) is 0 Å². The molecule has 0 bridgehead atoms. The summed E-state index contributed by atoms with van der Waals surface area (Å²) < 4.78 is 13.9. The molecule has 0 aromatic heterocycles. The van der Waals surface area contributed by atoms with Crippen molar-refractivity contribution in [3.8, 4) is 0 Å². The molecule has 2 aromatic carbocycles. The van der Waals surface area contributed by atoms with Crippen LogP contribution in [0, 0.1) is 5.82 Å². The van der Waals surface area contributed by atoms with Crippen molar-refractivity contribution in [3.63, 3.8) is 0 Å². The summed E-state index contributed by atoms with van der Waals surface area (Å²) in [5, 5.41) is 4.55. The molecule has 106 valence electrons. The number of rotatable bonds is 4. The van der Waals surface area contributed by atoms with Crippen LogP contribution in [0.3, 0.4) is 0 Å². The molecule has 0 saturated carbocycles. The topological polar surface area (TPSA) is 12.0 Å². The Hall–Kier alpha value is -0.610. The number of hydrogen-bond donors (Lipinski definition) is 1. The van der Waals surface area contributed by atoms with Crippen LogP contribution in [0.5, 0.6) is 0 Å². The van der Waals surface area contributed by atoms with Crippen molar-refractivity contribution in [2.45, 2.75) is 19.5 Å². The Kier molecular flexibility index (Phi) is 5.44. The molecule has 0 aliphatic heterocycles. The lowest BCUT2D eigenvalue weighted by molar-refractivity contribution is 0.566. The van der Waals surface area contributed by atoms with Gasteiger partial charge in [0.25, 0.3) is 0 Å². The summed E-state index contributed by atoms with van der Waals surface area (Å²) >= 11 is 15.3. The Bertz CT molecular complexity index is 619. The van der Waals surface area contributed by atoms with Crippen LogP contribution in [0.25, 0.3) is 0 Å². The third-order valence-electron chi connectivity index (χ3n) is 3.06. The van der Waals surface area contributed by atoms with Crippen molar-refractivity contribution in [1.29, 1.82) is 0 Å². The minimum Gasteiger partial charge on any atom is -0.306 e. The Morgan fingerprint density at radius 3 is 2.70 bits per heavy atom. The van der Waals surface area contributed by atoms with Gasteiger partial charge in [0.05, 0.1) is 4.47 Å². The highest BCUT2D eigenvalue weighted by Gasteiger charge is 2.11. The van der Waals surface area contributed by atoms with Crippen molar-refractivity contribution in [3.05, 3.63) is 67.9 Å². The molecular weight excluding hydrogens is 364 g/mol. The molecule has 1 nitrogen and oxygen atoms in total. The molecule has 1 unspecified atom stereocenters. The lowest BCUT2D eigenvalue weighted by atomic mass is 10.1. The summed E-state index contributed by atoms with van der Waals surface area (Å²) in [6.45, 7) is 2.54. The van der Waals surface area contributed by atoms with Gasteiger partial charge in [0.1, 0.15) is 5.82 Å². The zero-order valence-electron chi connectivity index (χ0n) is 10.8. The summed E-state index contributed by atoms with van der Waals surface area (Å²) in [6.07, 6.45) is 0. The van der Waals surface area contributed by atoms with Crippen LogP contribution < -0.4 is 5.32 Å². The van der Waals surface area contributed by atoms with E-state index in [1.54, 1.807) is 18.2 Å². The largest absolute Gasteiger partial charge is 0.306 e. The zero-order valence-corrected chi connectivity index (χ0v) is 13.9. The van der Waals surface area contributed by atoms with Gasteiger partial charge < -0.3 is 5.32 Å². The van der Waals surface area contributed by atoms with Crippen LogP contribution in [0.2, 0.25) is 10.0 Å². The number of benzene rings is 2. The quantitative estimate of drug-likeness (QED) is 0.716. The number of hydrogen-bond acceptors (Lipinski definition) is 1. The van der Waals surface area contributed by atoms with E-state index in [0.29, 0.717) is 21.1 Å². The van der Waals surface area contributed by atoms with Crippen molar-refractivity contribution < 1.29 is 4.39 Å². The van der Waals surface area contributed by atoms with Crippen LogP contribution in [0.1, 0.15) is 24.1 Å². The standard InChI is InChI=1S/C15H13BrCl2FN/c1-9(12-6-5-11(17)7-13(12)18)20-8-10-3-2-4-14(19)15(10)16/h2-7,9,20H,8H2,1H3. The summed E-state index contributed by atoms with van der Waals surface area (Å²) in [5.41, 5.74) is 1.82. The summed E-state index contributed by atoms with van der Waals surface area (Å²) in [5.74, 6) is -0.263. The second kappa shape index (κ2) is 6.90. The molecular formula is C15H13BrCl2FN. The minimum absolute atomic E-state index is 0.0370. The van der Waals surface area contributed by atoms with Crippen molar-refractivity contribution in [2.24, 2.45) is 0 Å². The second-order valence-electron chi connectivity index (χ2n) is 4.48. The first-order valence-electron chi connectivity index (χ1n) is 6.10. The Balaban J connectivity index is 2.08. The molecule has 5 heteroatoms. The first-order chi connectivity index (χ1) is 9.49. The van der Waals surface area contributed by atoms with Crippen molar-refractivity contribution >= 4 is 39.1 Å². The van der Waals surface area contributed by atoms with Crippen molar-refractivity contribution in [1.82, 2.24) is 5.32 Å². The fourth-order valence-corrected chi connectivity index (χ4v) is 2.89. The molecule has 0 saturated heterocycles. The second-order valence-corrected chi connectivity index (χ2v) is 6.12. The van der Waals surface area contributed by atoms with E-state index in [1.807, 2.05) is 19.1 Å². The third-order valence-corrected chi connectivity index (χ3v) is 4.51. The highest BCUT2D eigenvalue weighted by molar-refractivity contribution is 9.10. The molecule has 0 radical (unpaired) electrons. The monoisotopic (exact) mass is 375 g/mol. The van der Waals surface area contributed by atoms with Gasteiger partial charge in [-0.1, -0.05) is 41.4 Å². The van der Waals surface area contributed by atoms with Gasteiger partial charge in [0.2, 0.25) is 0 Å². The Morgan fingerprint density at radius 1 is 1.25 bits per heavy atom. The highest BCUT2D eigenvalue weighted by Crippen LogP contribution is 2.27. The smallest absolute Gasteiger partial charge is 0.137 e. The maximum Gasteiger partial charge on any atom is 0.137 e. The van der Waals surface area contributed by atoms with E-state index < -0.39 is 0 Å². The van der Waals surface area contributed by atoms with Crippen LogP contribution in [0.15, 0.2) is 40.9 Å². The van der Waals surface area contributed by atoms with E-state index in [1.165, 1.54) is 6.07 Å². The summed E-state index contributed by atoms with van der Waals surface area (Å²) in [6, 6.07) is 10.4. The molecule has 2 aromatic rings. The van der Waals surface area contributed by atoms with Gasteiger partial charge in [-0.3, -0.25) is 0 Å². The fraction of sp³-hybridized carbons (Fsp3) is 0.200.